The maximum atomic E-state index is 6.27. The van der Waals surface area contributed by atoms with Gasteiger partial charge in [0.1, 0.15) is 0 Å². The Morgan fingerprint density at radius 2 is 1.95 bits per heavy atom. The van der Waals surface area contributed by atoms with E-state index in [1.807, 2.05) is 0 Å². The third kappa shape index (κ3) is 3.58. The number of nitrogens with zero attached hydrogens (tertiary/aromatic N) is 2. The number of nitrogens with two attached hydrogens (primary N) is 1. The van der Waals surface area contributed by atoms with E-state index in [1.54, 1.807) is 6.92 Å². The van der Waals surface area contributed by atoms with Gasteiger partial charge in [0, 0.05) is 18.2 Å². The molecule has 2 atom stereocenters. The highest BCUT2D eigenvalue weighted by atomic mass is 32.2. The van der Waals surface area contributed by atoms with E-state index in [2.05, 4.69) is 48.3 Å². The maximum Gasteiger partial charge on any atom is 0.276 e. The minimum absolute atomic E-state index is 0.0527. The molecule has 0 spiro atoms. The average Bonchev–Trinajstić information content (AvgIpc) is 2.83. The van der Waals surface area contributed by atoms with Crippen molar-refractivity contribution in [2.24, 2.45) is 5.73 Å². The highest BCUT2D eigenvalue weighted by Crippen LogP contribution is 2.29. The summed E-state index contributed by atoms with van der Waals surface area (Å²) in [6.07, 6.45) is 1.04. The lowest BCUT2D eigenvalue weighted by Gasteiger charge is -2.18. The lowest BCUT2D eigenvalue weighted by atomic mass is 10.0. The van der Waals surface area contributed by atoms with E-state index in [-0.39, 0.29) is 11.3 Å². The molecule has 0 bridgehead atoms. The third-order valence-electron chi connectivity index (χ3n) is 3.07. The second-order valence-corrected chi connectivity index (χ2v) is 5.86. The van der Waals surface area contributed by atoms with Crippen LogP contribution in [0.2, 0.25) is 0 Å². The van der Waals surface area contributed by atoms with Gasteiger partial charge in [-0.2, -0.15) is 0 Å². The van der Waals surface area contributed by atoms with Crippen molar-refractivity contribution >= 4 is 11.8 Å². The fourth-order valence-corrected chi connectivity index (χ4v) is 2.68. The van der Waals surface area contributed by atoms with Gasteiger partial charge in [0.05, 0.1) is 0 Å². The van der Waals surface area contributed by atoms with Gasteiger partial charge in [-0.15, -0.1) is 10.2 Å². The Kier molecular flexibility index (Phi) is 4.61. The van der Waals surface area contributed by atoms with Gasteiger partial charge < -0.3 is 10.2 Å². The van der Waals surface area contributed by atoms with Crippen molar-refractivity contribution < 1.29 is 4.42 Å². The topological polar surface area (TPSA) is 64.9 Å². The van der Waals surface area contributed by atoms with Gasteiger partial charge in [-0.25, -0.2) is 0 Å². The molecule has 1 heterocycles. The van der Waals surface area contributed by atoms with Gasteiger partial charge in [0.2, 0.25) is 5.89 Å². The summed E-state index contributed by atoms with van der Waals surface area (Å²) in [4.78, 5) is 0. The molecule has 1 aromatic carbocycles. The Morgan fingerprint density at radius 3 is 2.47 bits per heavy atom. The monoisotopic (exact) mass is 277 g/mol. The second-order valence-electron chi connectivity index (χ2n) is 4.53. The van der Waals surface area contributed by atoms with Crippen molar-refractivity contribution in [2.45, 2.75) is 43.7 Å². The number of hydrogen-bond donors (Lipinski definition) is 1. The summed E-state index contributed by atoms with van der Waals surface area (Å²) in [7, 11) is 0. The van der Waals surface area contributed by atoms with Gasteiger partial charge in [0.25, 0.3) is 5.22 Å². The lowest BCUT2D eigenvalue weighted by molar-refractivity contribution is 0.428. The van der Waals surface area contributed by atoms with Crippen LogP contribution in [0.4, 0.5) is 0 Å². The highest BCUT2D eigenvalue weighted by molar-refractivity contribution is 7.99. The second kappa shape index (κ2) is 6.21. The van der Waals surface area contributed by atoms with Crippen LogP contribution in [0.5, 0.6) is 0 Å². The first-order valence-corrected chi connectivity index (χ1v) is 7.29. The normalized spacial score (nSPS) is 14.3. The Balaban J connectivity index is 2.03. The largest absolute Gasteiger partial charge is 0.416 e. The number of aryl methyl sites for hydroxylation is 2. The minimum atomic E-state index is -0.0527. The Morgan fingerprint density at radius 1 is 1.26 bits per heavy atom. The van der Waals surface area contributed by atoms with Crippen LogP contribution in [0.3, 0.4) is 0 Å². The van der Waals surface area contributed by atoms with E-state index in [4.69, 9.17) is 10.2 Å². The van der Waals surface area contributed by atoms with Gasteiger partial charge in [0.15, 0.2) is 0 Å². The maximum absolute atomic E-state index is 6.27. The molecule has 2 N–H and O–H groups in total. The van der Waals surface area contributed by atoms with Gasteiger partial charge in [-0.05, 0) is 17.5 Å². The zero-order valence-corrected chi connectivity index (χ0v) is 12.3. The summed E-state index contributed by atoms with van der Waals surface area (Å²) >= 11 is 1.51. The van der Waals surface area contributed by atoms with Crippen LogP contribution in [0, 0.1) is 6.92 Å². The zero-order chi connectivity index (χ0) is 13.8. The summed E-state index contributed by atoms with van der Waals surface area (Å²) in [5, 5.41) is 8.54. The number of hydrogen-bond acceptors (Lipinski definition) is 5. The molecule has 0 fully saturated rings. The molecule has 0 saturated carbocycles. The summed E-state index contributed by atoms with van der Waals surface area (Å²) in [5.74, 6) is 0.579. The summed E-state index contributed by atoms with van der Waals surface area (Å²) in [6, 6.07) is 8.40. The number of benzene rings is 1. The zero-order valence-electron chi connectivity index (χ0n) is 11.5. The summed E-state index contributed by atoms with van der Waals surface area (Å²) in [5.41, 5.74) is 8.73. The molecule has 0 radical (unpaired) electrons. The molecule has 1 aromatic heterocycles. The number of aromatic nitrogens is 2. The fourth-order valence-electron chi connectivity index (χ4n) is 1.80. The minimum Gasteiger partial charge on any atom is -0.416 e. The first kappa shape index (κ1) is 14.1. The van der Waals surface area contributed by atoms with E-state index >= 15 is 0 Å². The molecule has 0 aliphatic heterocycles. The standard InChI is InChI=1S/C14H19N3OS/c1-4-11-5-7-12(8-6-11)13(15)9(2)19-14-17-16-10(3)18-14/h5-9,13H,4,15H2,1-3H3. The molecule has 0 aliphatic rings. The molecule has 0 saturated heterocycles. The van der Waals surface area contributed by atoms with Crippen molar-refractivity contribution in [1.29, 1.82) is 0 Å². The van der Waals surface area contributed by atoms with Crippen LogP contribution < -0.4 is 5.73 Å². The van der Waals surface area contributed by atoms with Gasteiger partial charge in [-0.1, -0.05) is 49.9 Å². The molecule has 19 heavy (non-hydrogen) atoms. The molecule has 4 nitrogen and oxygen atoms in total. The van der Waals surface area contributed by atoms with E-state index in [0.29, 0.717) is 11.1 Å². The van der Waals surface area contributed by atoms with Crippen molar-refractivity contribution in [3.8, 4) is 0 Å². The Hall–Kier alpha value is -1.33. The lowest BCUT2D eigenvalue weighted by Crippen LogP contribution is -2.21. The third-order valence-corrected chi connectivity index (χ3v) is 4.10. The molecule has 0 amide bonds. The summed E-state index contributed by atoms with van der Waals surface area (Å²) in [6.45, 7) is 6.00. The van der Waals surface area contributed by atoms with Gasteiger partial charge >= 0.3 is 0 Å². The van der Waals surface area contributed by atoms with Crippen molar-refractivity contribution in [2.75, 3.05) is 0 Å². The molecule has 2 rings (SSSR count). The van der Waals surface area contributed by atoms with Crippen LogP contribution in [-0.4, -0.2) is 15.4 Å². The average molecular weight is 277 g/mol. The van der Waals surface area contributed by atoms with Gasteiger partial charge in [-0.3, -0.25) is 0 Å². The van der Waals surface area contributed by atoms with Crippen LogP contribution >= 0.6 is 11.8 Å². The first-order chi connectivity index (χ1) is 9.10. The summed E-state index contributed by atoms with van der Waals surface area (Å²) < 4.78 is 5.36. The molecular formula is C14H19N3OS. The van der Waals surface area contributed by atoms with E-state index in [9.17, 15) is 0 Å². The van der Waals surface area contributed by atoms with E-state index in [1.165, 1.54) is 17.3 Å². The quantitative estimate of drug-likeness (QED) is 0.851. The van der Waals surface area contributed by atoms with Crippen molar-refractivity contribution in [1.82, 2.24) is 10.2 Å². The SMILES string of the molecule is CCc1ccc(C(N)C(C)Sc2nnc(C)o2)cc1. The number of thioether (sulfide) groups is 1. The van der Waals surface area contributed by atoms with Crippen LogP contribution in [0.15, 0.2) is 33.9 Å². The predicted molar refractivity (Wildman–Crippen MR) is 77.1 cm³/mol. The number of rotatable bonds is 5. The predicted octanol–water partition coefficient (Wildman–Crippen LogP) is 3.12. The van der Waals surface area contributed by atoms with Crippen LogP contribution in [-0.2, 0) is 6.42 Å². The molecule has 0 aliphatic carbocycles. The molecule has 2 aromatic rings. The molecule has 2 unspecified atom stereocenters. The Bertz CT molecular complexity index is 524. The first-order valence-electron chi connectivity index (χ1n) is 6.41. The van der Waals surface area contributed by atoms with E-state index < -0.39 is 0 Å². The Labute approximate surface area is 117 Å². The molecular weight excluding hydrogens is 258 g/mol. The molecule has 5 heteroatoms. The van der Waals surface area contributed by atoms with Crippen molar-refractivity contribution in [3.63, 3.8) is 0 Å². The fraction of sp³-hybridized carbons (Fsp3) is 0.429. The molecule has 102 valence electrons. The van der Waals surface area contributed by atoms with Crippen LogP contribution in [0.25, 0.3) is 0 Å². The van der Waals surface area contributed by atoms with Crippen LogP contribution in [0.1, 0.15) is 36.9 Å². The smallest absolute Gasteiger partial charge is 0.276 e. The highest BCUT2D eigenvalue weighted by Gasteiger charge is 2.18. The van der Waals surface area contributed by atoms with Crippen molar-refractivity contribution in [3.05, 3.63) is 41.3 Å². The van der Waals surface area contributed by atoms with E-state index in [0.717, 1.165) is 12.0 Å².